The number of carboxylic acid groups (broad SMARTS) is 1. The van der Waals surface area contributed by atoms with E-state index in [-0.39, 0.29) is 12.0 Å². The maximum atomic E-state index is 12.3. The summed E-state index contributed by atoms with van der Waals surface area (Å²) < 4.78 is 5.23. The quantitative estimate of drug-likeness (QED) is 0.199. The lowest BCUT2D eigenvalue weighted by atomic mass is 9.89. The molecule has 0 heterocycles. The van der Waals surface area contributed by atoms with Crippen LogP contribution in [0.3, 0.4) is 0 Å². The zero-order valence-corrected chi connectivity index (χ0v) is 18.6. The lowest BCUT2D eigenvalue weighted by Gasteiger charge is -2.21. The molecule has 5 heteroatoms. The largest absolute Gasteiger partial charge is 0.481 e. The average Bonchev–Trinajstić information content (AvgIpc) is 2.99. The zero-order chi connectivity index (χ0) is 21.6. The average molecular weight is 411 g/mol. The van der Waals surface area contributed by atoms with E-state index in [0.29, 0.717) is 31.0 Å². The molecule has 168 valence electrons. The Morgan fingerprint density at radius 1 is 1.17 bits per heavy atom. The highest BCUT2D eigenvalue weighted by Crippen LogP contribution is 2.34. The van der Waals surface area contributed by atoms with Gasteiger partial charge in [-0.1, -0.05) is 57.6 Å². The van der Waals surface area contributed by atoms with Gasteiger partial charge in [-0.25, -0.2) is 0 Å². The van der Waals surface area contributed by atoms with Crippen molar-refractivity contribution < 1.29 is 24.5 Å². The fraction of sp³-hybridized carbons (Fsp3) is 0.833. The molecule has 1 fully saturated rings. The van der Waals surface area contributed by atoms with Crippen molar-refractivity contribution in [1.29, 1.82) is 0 Å². The number of allylic oxidation sites excluding steroid dienone is 2. The number of rotatable bonds is 16. The van der Waals surface area contributed by atoms with E-state index in [4.69, 9.17) is 4.74 Å². The highest BCUT2D eigenvalue weighted by molar-refractivity contribution is 5.83. The Morgan fingerprint density at radius 3 is 2.55 bits per heavy atom. The number of hydrogen-bond donors (Lipinski definition) is 2. The molecule has 2 N–H and O–H groups in total. The molecule has 0 saturated heterocycles. The van der Waals surface area contributed by atoms with Crippen LogP contribution < -0.4 is 0 Å². The van der Waals surface area contributed by atoms with E-state index >= 15 is 0 Å². The molecule has 5 nitrogen and oxygen atoms in total. The Kier molecular flexibility index (Phi) is 13.1. The van der Waals surface area contributed by atoms with E-state index in [1.54, 1.807) is 13.8 Å². The number of ketones is 1. The summed E-state index contributed by atoms with van der Waals surface area (Å²) in [6, 6.07) is 0. The standard InChI is InChI=1S/C24H42O5/c1-4-5-6-7-8-10-13-19-16-17-22(25)20(19)14-11-9-12-15-21(23(26)27)24(28)29-18(2)3/h10,13,18-21,24,28H,4-9,11-12,14-17H2,1-3H3,(H,26,27)/t19-,20+,21?,24?/m0/s1. The molecule has 2 unspecified atom stereocenters. The maximum absolute atomic E-state index is 12.3. The first-order valence-electron chi connectivity index (χ1n) is 11.6. The topological polar surface area (TPSA) is 83.8 Å². The fourth-order valence-electron chi connectivity index (χ4n) is 4.17. The van der Waals surface area contributed by atoms with Crippen molar-refractivity contribution in [2.75, 3.05) is 0 Å². The Bertz CT molecular complexity index is 499. The maximum Gasteiger partial charge on any atom is 0.311 e. The van der Waals surface area contributed by atoms with Crippen LogP contribution >= 0.6 is 0 Å². The lowest BCUT2D eigenvalue weighted by molar-refractivity contribution is -0.180. The van der Waals surface area contributed by atoms with Crippen LogP contribution in [0.2, 0.25) is 0 Å². The lowest BCUT2D eigenvalue weighted by Crippen LogP contribution is -2.32. The number of aliphatic hydroxyl groups is 1. The summed E-state index contributed by atoms with van der Waals surface area (Å²) in [5.41, 5.74) is 0. The van der Waals surface area contributed by atoms with Crippen LogP contribution in [0, 0.1) is 17.8 Å². The van der Waals surface area contributed by atoms with E-state index in [2.05, 4.69) is 19.1 Å². The smallest absolute Gasteiger partial charge is 0.311 e. The van der Waals surface area contributed by atoms with Gasteiger partial charge in [-0.05, 0) is 51.9 Å². The molecule has 0 radical (unpaired) electrons. The first-order chi connectivity index (χ1) is 13.9. The van der Waals surface area contributed by atoms with E-state index in [9.17, 15) is 19.8 Å². The molecular formula is C24H42O5. The third-order valence-corrected chi connectivity index (χ3v) is 5.87. The SMILES string of the molecule is CCCCCCC=C[C@H]1CCC(=O)[C@@H]1CCCCCC(C(=O)O)C(O)OC(C)C. The van der Waals surface area contributed by atoms with Crippen molar-refractivity contribution in [3.63, 3.8) is 0 Å². The number of ether oxygens (including phenoxy) is 1. The van der Waals surface area contributed by atoms with Crippen LogP contribution in [0.25, 0.3) is 0 Å². The van der Waals surface area contributed by atoms with Crippen LogP contribution in [0.5, 0.6) is 0 Å². The van der Waals surface area contributed by atoms with Gasteiger partial charge in [-0.3, -0.25) is 9.59 Å². The van der Waals surface area contributed by atoms with Gasteiger partial charge < -0.3 is 14.9 Å². The third kappa shape index (κ3) is 10.4. The third-order valence-electron chi connectivity index (χ3n) is 5.87. The number of Topliss-reactive ketones (excluding diaryl/α,β-unsaturated/α-hetero) is 1. The normalized spacial score (nSPS) is 21.9. The molecule has 0 aromatic carbocycles. The van der Waals surface area contributed by atoms with Crippen LogP contribution in [0.1, 0.15) is 97.8 Å². The van der Waals surface area contributed by atoms with Gasteiger partial charge in [0.2, 0.25) is 0 Å². The number of carbonyl (C=O) groups is 2. The predicted octanol–water partition coefficient (Wildman–Crippen LogP) is 5.50. The summed E-state index contributed by atoms with van der Waals surface area (Å²) in [7, 11) is 0. The first kappa shape index (κ1) is 25.8. The van der Waals surface area contributed by atoms with Gasteiger partial charge in [-0.15, -0.1) is 0 Å². The minimum Gasteiger partial charge on any atom is -0.481 e. The minimum absolute atomic E-state index is 0.132. The molecule has 4 atom stereocenters. The summed E-state index contributed by atoms with van der Waals surface area (Å²) in [5.74, 6) is -1.02. The van der Waals surface area contributed by atoms with Crippen molar-refractivity contribution in [2.45, 2.75) is 110 Å². The summed E-state index contributed by atoms with van der Waals surface area (Å²) in [6.07, 6.45) is 14.6. The van der Waals surface area contributed by atoms with Crippen LogP contribution in [-0.2, 0) is 14.3 Å². The van der Waals surface area contributed by atoms with Gasteiger partial charge in [0.15, 0.2) is 6.29 Å². The Morgan fingerprint density at radius 2 is 1.90 bits per heavy atom. The van der Waals surface area contributed by atoms with Crippen LogP contribution in [-0.4, -0.2) is 34.4 Å². The monoisotopic (exact) mass is 410 g/mol. The molecule has 1 aliphatic rings. The van der Waals surface area contributed by atoms with E-state index in [1.165, 1.54) is 25.7 Å². The number of aliphatic carboxylic acids is 1. The van der Waals surface area contributed by atoms with Gasteiger partial charge >= 0.3 is 5.97 Å². The molecule has 1 aliphatic carbocycles. The number of carbonyl (C=O) groups excluding carboxylic acids is 1. The summed E-state index contributed by atoms with van der Waals surface area (Å²) >= 11 is 0. The molecule has 0 aliphatic heterocycles. The second kappa shape index (κ2) is 14.7. The van der Waals surface area contributed by atoms with Gasteiger partial charge in [0.1, 0.15) is 11.7 Å². The second-order valence-electron chi connectivity index (χ2n) is 8.71. The molecule has 0 aromatic rings. The van der Waals surface area contributed by atoms with Crippen molar-refractivity contribution in [1.82, 2.24) is 0 Å². The minimum atomic E-state index is -1.27. The molecule has 1 rings (SSSR count). The van der Waals surface area contributed by atoms with E-state index < -0.39 is 18.2 Å². The van der Waals surface area contributed by atoms with Crippen LogP contribution in [0.4, 0.5) is 0 Å². The molecular weight excluding hydrogens is 368 g/mol. The highest BCUT2D eigenvalue weighted by atomic mass is 16.6. The summed E-state index contributed by atoms with van der Waals surface area (Å²) in [4.78, 5) is 23.6. The van der Waals surface area contributed by atoms with Gasteiger partial charge in [0.25, 0.3) is 0 Å². The van der Waals surface area contributed by atoms with Crippen molar-refractivity contribution in [2.24, 2.45) is 17.8 Å². The Labute approximate surface area is 176 Å². The Balaban J connectivity index is 2.32. The molecule has 29 heavy (non-hydrogen) atoms. The molecule has 0 aromatic heterocycles. The van der Waals surface area contributed by atoms with Crippen molar-refractivity contribution in [3.05, 3.63) is 12.2 Å². The number of hydrogen-bond acceptors (Lipinski definition) is 4. The van der Waals surface area contributed by atoms with Crippen LogP contribution in [0.15, 0.2) is 12.2 Å². The van der Waals surface area contributed by atoms with Gasteiger partial charge in [-0.2, -0.15) is 0 Å². The zero-order valence-electron chi connectivity index (χ0n) is 18.6. The first-order valence-corrected chi connectivity index (χ1v) is 11.6. The van der Waals surface area contributed by atoms with Gasteiger partial charge in [0, 0.05) is 12.3 Å². The Hall–Kier alpha value is -1.20. The fourth-order valence-corrected chi connectivity index (χ4v) is 4.17. The summed E-state index contributed by atoms with van der Waals surface area (Å²) in [6.45, 7) is 5.77. The van der Waals surface area contributed by atoms with Gasteiger partial charge in [0.05, 0.1) is 6.10 Å². The second-order valence-corrected chi connectivity index (χ2v) is 8.71. The number of carboxylic acids is 1. The molecule has 0 spiro atoms. The van der Waals surface area contributed by atoms with E-state index in [1.807, 2.05) is 0 Å². The number of unbranched alkanes of at least 4 members (excludes halogenated alkanes) is 6. The highest BCUT2D eigenvalue weighted by Gasteiger charge is 2.32. The van der Waals surface area contributed by atoms with Crippen molar-refractivity contribution in [3.8, 4) is 0 Å². The van der Waals surface area contributed by atoms with Crippen molar-refractivity contribution >= 4 is 11.8 Å². The predicted molar refractivity (Wildman–Crippen MR) is 116 cm³/mol. The molecule has 0 amide bonds. The van der Waals surface area contributed by atoms with E-state index in [0.717, 1.165) is 32.1 Å². The summed E-state index contributed by atoms with van der Waals surface area (Å²) in [5, 5.41) is 19.3. The molecule has 1 saturated carbocycles. The molecule has 0 bridgehead atoms. The number of aliphatic hydroxyl groups excluding tert-OH is 1.